The van der Waals surface area contributed by atoms with E-state index >= 15 is 0 Å². The zero-order valence-electron chi connectivity index (χ0n) is 11.3. The van der Waals surface area contributed by atoms with Gasteiger partial charge in [0, 0.05) is 13.1 Å². The molecular formula is C12H19F3N2O3. The molecule has 8 heteroatoms. The standard InChI is InChI=1S/C12H19F3N2O3/c1-2-17(8-12(13,14)15)11(20)9-4-3-5-16(6-9)7-10(18)19/h9H,2-8H2,1H3,(H,18,19)/t9-/m0/s1. The van der Waals surface area contributed by atoms with Gasteiger partial charge in [0.15, 0.2) is 0 Å². The average molecular weight is 296 g/mol. The number of carbonyl (C=O) groups excluding carboxylic acids is 1. The molecule has 1 atom stereocenters. The van der Waals surface area contributed by atoms with Crippen molar-refractivity contribution in [3.05, 3.63) is 0 Å². The third-order valence-electron chi connectivity index (χ3n) is 3.28. The Bertz CT molecular complexity index is 360. The van der Waals surface area contributed by atoms with Crippen molar-refractivity contribution < 1.29 is 27.9 Å². The normalized spacial score (nSPS) is 20.7. The molecule has 116 valence electrons. The number of likely N-dealkylation sites (tertiary alicyclic amines) is 1. The first kappa shape index (κ1) is 16.7. The number of halogens is 3. The van der Waals surface area contributed by atoms with Crippen LogP contribution in [0.5, 0.6) is 0 Å². The van der Waals surface area contributed by atoms with Crippen LogP contribution in [0.3, 0.4) is 0 Å². The van der Waals surface area contributed by atoms with Gasteiger partial charge in [0.05, 0.1) is 12.5 Å². The van der Waals surface area contributed by atoms with E-state index in [1.807, 2.05) is 0 Å². The van der Waals surface area contributed by atoms with Crippen LogP contribution in [0, 0.1) is 5.92 Å². The van der Waals surface area contributed by atoms with E-state index in [9.17, 15) is 22.8 Å². The molecule has 0 aromatic rings. The van der Waals surface area contributed by atoms with Crippen molar-refractivity contribution in [3.8, 4) is 0 Å². The monoisotopic (exact) mass is 296 g/mol. The van der Waals surface area contributed by atoms with Crippen molar-refractivity contribution in [1.29, 1.82) is 0 Å². The highest BCUT2D eigenvalue weighted by Crippen LogP contribution is 2.22. The van der Waals surface area contributed by atoms with Crippen molar-refractivity contribution in [2.24, 2.45) is 5.92 Å². The van der Waals surface area contributed by atoms with Crippen molar-refractivity contribution in [3.63, 3.8) is 0 Å². The summed E-state index contributed by atoms with van der Waals surface area (Å²) < 4.78 is 37.2. The number of piperidine rings is 1. The van der Waals surface area contributed by atoms with Crippen molar-refractivity contribution in [2.45, 2.75) is 25.9 Å². The summed E-state index contributed by atoms with van der Waals surface area (Å²) in [6.07, 6.45) is -3.29. The topological polar surface area (TPSA) is 60.9 Å². The molecule has 20 heavy (non-hydrogen) atoms. The maximum absolute atomic E-state index is 12.4. The van der Waals surface area contributed by atoms with E-state index in [1.165, 1.54) is 6.92 Å². The molecular weight excluding hydrogens is 277 g/mol. The lowest BCUT2D eigenvalue weighted by molar-refractivity contribution is -0.164. The van der Waals surface area contributed by atoms with Gasteiger partial charge < -0.3 is 10.0 Å². The van der Waals surface area contributed by atoms with Crippen LogP contribution in [0.15, 0.2) is 0 Å². The fourth-order valence-corrected chi connectivity index (χ4v) is 2.41. The van der Waals surface area contributed by atoms with Crippen LogP contribution >= 0.6 is 0 Å². The SMILES string of the molecule is CCN(CC(F)(F)F)C(=O)[C@H]1CCCN(CC(=O)O)C1. The van der Waals surface area contributed by atoms with Gasteiger partial charge >= 0.3 is 12.1 Å². The minimum Gasteiger partial charge on any atom is -0.480 e. The molecule has 1 fully saturated rings. The maximum Gasteiger partial charge on any atom is 0.406 e. The number of nitrogens with zero attached hydrogens (tertiary/aromatic N) is 2. The Morgan fingerprint density at radius 2 is 2.05 bits per heavy atom. The molecule has 0 aromatic heterocycles. The molecule has 5 nitrogen and oxygen atoms in total. The molecule has 1 amide bonds. The van der Waals surface area contributed by atoms with E-state index in [-0.39, 0.29) is 19.6 Å². The van der Waals surface area contributed by atoms with Crippen molar-refractivity contribution in [1.82, 2.24) is 9.80 Å². The summed E-state index contributed by atoms with van der Waals surface area (Å²) in [6, 6.07) is 0. The first-order chi connectivity index (χ1) is 9.23. The van der Waals surface area contributed by atoms with E-state index in [2.05, 4.69) is 0 Å². The van der Waals surface area contributed by atoms with Gasteiger partial charge in [0.2, 0.25) is 5.91 Å². The Hall–Kier alpha value is -1.31. The molecule has 1 aliphatic rings. The summed E-state index contributed by atoms with van der Waals surface area (Å²) in [6.45, 7) is 0.823. The van der Waals surface area contributed by atoms with E-state index in [0.29, 0.717) is 19.4 Å². The Morgan fingerprint density at radius 1 is 1.40 bits per heavy atom. The average Bonchev–Trinajstić information content (AvgIpc) is 2.33. The quantitative estimate of drug-likeness (QED) is 0.828. The lowest BCUT2D eigenvalue weighted by Crippen LogP contribution is -2.48. The number of carboxylic acids is 1. The first-order valence-electron chi connectivity index (χ1n) is 6.52. The van der Waals surface area contributed by atoms with E-state index < -0.39 is 30.5 Å². The highest BCUT2D eigenvalue weighted by molar-refractivity contribution is 5.79. The molecule has 1 heterocycles. The second-order valence-electron chi connectivity index (χ2n) is 4.94. The Morgan fingerprint density at radius 3 is 2.55 bits per heavy atom. The number of alkyl halides is 3. The van der Waals surface area contributed by atoms with Gasteiger partial charge in [-0.25, -0.2) is 0 Å². The fourth-order valence-electron chi connectivity index (χ4n) is 2.41. The number of rotatable bonds is 5. The van der Waals surface area contributed by atoms with Crippen LogP contribution in [-0.4, -0.2) is 65.7 Å². The summed E-state index contributed by atoms with van der Waals surface area (Å²) in [5.74, 6) is -2.09. The Balaban J connectivity index is 2.62. The highest BCUT2D eigenvalue weighted by Gasteiger charge is 2.36. The van der Waals surface area contributed by atoms with Crippen LogP contribution in [0.25, 0.3) is 0 Å². The first-order valence-corrected chi connectivity index (χ1v) is 6.52. The maximum atomic E-state index is 12.4. The minimum absolute atomic E-state index is 0.00618. The van der Waals surface area contributed by atoms with Crippen LogP contribution < -0.4 is 0 Å². The molecule has 0 radical (unpaired) electrons. The van der Waals surface area contributed by atoms with Gasteiger partial charge in [-0.2, -0.15) is 13.2 Å². The lowest BCUT2D eigenvalue weighted by Gasteiger charge is -2.34. The molecule has 0 saturated carbocycles. The Labute approximate surface area is 115 Å². The predicted molar refractivity (Wildman–Crippen MR) is 65.1 cm³/mol. The molecule has 1 saturated heterocycles. The molecule has 1 rings (SSSR count). The molecule has 0 aliphatic carbocycles. The summed E-state index contributed by atoms with van der Waals surface area (Å²) in [5.41, 5.74) is 0. The second-order valence-corrected chi connectivity index (χ2v) is 4.94. The third-order valence-corrected chi connectivity index (χ3v) is 3.28. The highest BCUT2D eigenvalue weighted by atomic mass is 19.4. The smallest absolute Gasteiger partial charge is 0.406 e. The van der Waals surface area contributed by atoms with E-state index in [4.69, 9.17) is 5.11 Å². The second kappa shape index (κ2) is 6.92. The van der Waals surface area contributed by atoms with Gasteiger partial charge in [-0.05, 0) is 26.3 Å². The summed E-state index contributed by atoms with van der Waals surface area (Å²) in [5, 5.41) is 8.71. The van der Waals surface area contributed by atoms with E-state index in [0.717, 1.165) is 4.90 Å². The largest absolute Gasteiger partial charge is 0.480 e. The molecule has 1 aliphatic heterocycles. The molecule has 0 bridgehead atoms. The predicted octanol–water partition coefficient (Wildman–Crippen LogP) is 1.19. The van der Waals surface area contributed by atoms with Gasteiger partial charge in [-0.3, -0.25) is 14.5 Å². The molecule has 0 aromatic carbocycles. The number of carbonyl (C=O) groups is 2. The fraction of sp³-hybridized carbons (Fsp3) is 0.833. The van der Waals surface area contributed by atoms with Gasteiger partial charge in [-0.1, -0.05) is 0 Å². The number of hydrogen-bond donors (Lipinski definition) is 1. The lowest BCUT2D eigenvalue weighted by atomic mass is 9.96. The van der Waals surface area contributed by atoms with Crippen molar-refractivity contribution >= 4 is 11.9 Å². The molecule has 0 unspecified atom stereocenters. The van der Waals surface area contributed by atoms with Crippen molar-refractivity contribution in [2.75, 3.05) is 32.7 Å². The number of hydrogen-bond acceptors (Lipinski definition) is 3. The van der Waals surface area contributed by atoms with Gasteiger partial charge in [-0.15, -0.1) is 0 Å². The van der Waals surface area contributed by atoms with Gasteiger partial charge in [0.1, 0.15) is 6.54 Å². The molecule has 0 spiro atoms. The summed E-state index contributed by atoms with van der Waals surface area (Å²) in [4.78, 5) is 25.1. The van der Waals surface area contributed by atoms with Gasteiger partial charge in [0.25, 0.3) is 0 Å². The van der Waals surface area contributed by atoms with Crippen LogP contribution in [0.2, 0.25) is 0 Å². The number of carboxylic acid groups (broad SMARTS) is 1. The minimum atomic E-state index is -4.42. The van der Waals surface area contributed by atoms with Crippen LogP contribution in [-0.2, 0) is 9.59 Å². The third kappa shape index (κ3) is 5.36. The number of amides is 1. The zero-order valence-corrected chi connectivity index (χ0v) is 11.3. The Kier molecular flexibility index (Phi) is 5.79. The van der Waals surface area contributed by atoms with Crippen LogP contribution in [0.4, 0.5) is 13.2 Å². The number of aliphatic carboxylic acids is 1. The summed E-state index contributed by atoms with van der Waals surface area (Å²) >= 11 is 0. The zero-order chi connectivity index (χ0) is 15.3. The van der Waals surface area contributed by atoms with E-state index in [1.54, 1.807) is 4.90 Å². The molecule has 1 N–H and O–H groups in total. The van der Waals surface area contributed by atoms with Crippen LogP contribution in [0.1, 0.15) is 19.8 Å². The summed E-state index contributed by atoms with van der Waals surface area (Å²) in [7, 11) is 0.